The summed E-state index contributed by atoms with van der Waals surface area (Å²) in [5, 5.41) is 10.6. The average Bonchev–Trinajstić information content (AvgIpc) is 3.15. The van der Waals surface area contributed by atoms with Crippen molar-refractivity contribution in [2.45, 2.75) is 32.5 Å². The van der Waals surface area contributed by atoms with E-state index in [9.17, 15) is 5.11 Å². The number of nitrogens with zero attached hydrogens (tertiary/aromatic N) is 4. The molecule has 2 aromatic rings. The van der Waals surface area contributed by atoms with E-state index in [0.717, 1.165) is 50.0 Å². The maximum atomic E-state index is 9.56. The fraction of sp³-hybridized carbons (Fsp3) is 0.571. The maximum Gasteiger partial charge on any atom is 0.185 e. The van der Waals surface area contributed by atoms with Crippen LogP contribution in [0.5, 0.6) is 5.75 Å². The van der Waals surface area contributed by atoms with Gasteiger partial charge in [0, 0.05) is 70.5 Å². The number of thiazole rings is 1. The number of ether oxygens (including phenoxy) is 1. The van der Waals surface area contributed by atoms with E-state index in [0.29, 0.717) is 12.6 Å². The smallest absolute Gasteiger partial charge is 0.185 e. The molecule has 1 aromatic heterocycles. The minimum absolute atomic E-state index is 0.226. The SMILES string of the molecule is CCOc1ccc(CN2CCN(Cc3cnc(N(C)C)s3)C[C@H]2CCO)cc1. The molecule has 1 saturated heterocycles. The second-order valence-electron chi connectivity index (χ2n) is 7.45. The highest BCUT2D eigenvalue weighted by Gasteiger charge is 2.27. The highest BCUT2D eigenvalue weighted by molar-refractivity contribution is 7.15. The Bertz CT molecular complexity index is 719. The van der Waals surface area contributed by atoms with Gasteiger partial charge in [0.05, 0.1) is 6.61 Å². The van der Waals surface area contributed by atoms with Gasteiger partial charge in [0.15, 0.2) is 5.13 Å². The van der Waals surface area contributed by atoms with Crippen molar-refractivity contribution in [1.82, 2.24) is 14.8 Å². The third kappa shape index (κ3) is 5.67. The van der Waals surface area contributed by atoms with Gasteiger partial charge in [0.2, 0.25) is 0 Å². The van der Waals surface area contributed by atoms with Crippen LogP contribution in [0.3, 0.4) is 0 Å². The predicted octanol–water partition coefficient (Wildman–Crippen LogP) is 2.68. The molecule has 1 aliphatic heterocycles. The standard InChI is InChI=1S/C21H32N4O2S/c1-4-27-19-7-5-17(6-8-19)14-25-11-10-24(15-18(25)9-12-26)16-20-13-22-21(28-20)23(2)3/h5-8,13,18,26H,4,9-12,14-16H2,1-3H3/t18-/m1/s1. The summed E-state index contributed by atoms with van der Waals surface area (Å²) < 4.78 is 5.54. The second kappa shape index (κ2) is 10.2. The Morgan fingerprint density at radius 2 is 2.00 bits per heavy atom. The van der Waals surface area contributed by atoms with Crippen molar-refractivity contribution < 1.29 is 9.84 Å². The van der Waals surface area contributed by atoms with Crippen LogP contribution in [0.15, 0.2) is 30.5 Å². The third-order valence-electron chi connectivity index (χ3n) is 5.07. The van der Waals surface area contributed by atoms with Crippen molar-refractivity contribution in [3.05, 3.63) is 40.9 Å². The van der Waals surface area contributed by atoms with Crippen molar-refractivity contribution in [1.29, 1.82) is 0 Å². The lowest BCUT2D eigenvalue weighted by Gasteiger charge is -2.41. The van der Waals surface area contributed by atoms with Crippen LogP contribution in [0, 0.1) is 0 Å². The zero-order valence-electron chi connectivity index (χ0n) is 17.2. The molecule has 0 saturated carbocycles. The monoisotopic (exact) mass is 404 g/mol. The molecule has 1 aromatic carbocycles. The number of hydrogen-bond donors (Lipinski definition) is 1. The number of anilines is 1. The molecule has 2 heterocycles. The third-order valence-corrected chi connectivity index (χ3v) is 6.22. The molecule has 0 unspecified atom stereocenters. The van der Waals surface area contributed by atoms with E-state index in [-0.39, 0.29) is 6.61 Å². The molecular weight excluding hydrogens is 372 g/mol. The minimum atomic E-state index is 0.226. The summed E-state index contributed by atoms with van der Waals surface area (Å²) >= 11 is 1.76. The van der Waals surface area contributed by atoms with Gasteiger partial charge in [-0.05, 0) is 31.0 Å². The summed E-state index contributed by atoms with van der Waals surface area (Å²) in [5.74, 6) is 0.921. The lowest BCUT2D eigenvalue weighted by Crippen LogP contribution is -2.52. The fourth-order valence-electron chi connectivity index (χ4n) is 3.62. The normalized spacial score (nSPS) is 18.4. The number of benzene rings is 1. The fourth-order valence-corrected chi connectivity index (χ4v) is 4.50. The summed E-state index contributed by atoms with van der Waals surface area (Å²) in [4.78, 5) is 12.8. The summed E-state index contributed by atoms with van der Waals surface area (Å²) in [6.45, 7) is 7.79. The van der Waals surface area contributed by atoms with Crippen molar-refractivity contribution >= 4 is 16.5 Å². The Morgan fingerprint density at radius 1 is 1.21 bits per heavy atom. The van der Waals surface area contributed by atoms with Crippen molar-refractivity contribution in [2.24, 2.45) is 0 Å². The second-order valence-corrected chi connectivity index (χ2v) is 8.55. The minimum Gasteiger partial charge on any atom is -0.494 e. The molecular formula is C21H32N4O2S. The largest absolute Gasteiger partial charge is 0.494 e. The molecule has 0 amide bonds. The molecule has 28 heavy (non-hydrogen) atoms. The van der Waals surface area contributed by atoms with E-state index in [1.807, 2.05) is 39.3 Å². The molecule has 7 heteroatoms. The van der Waals surface area contributed by atoms with Gasteiger partial charge >= 0.3 is 0 Å². The van der Waals surface area contributed by atoms with Gasteiger partial charge in [-0.3, -0.25) is 9.80 Å². The Hall–Kier alpha value is -1.67. The van der Waals surface area contributed by atoms with Gasteiger partial charge in [0.25, 0.3) is 0 Å². The van der Waals surface area contributed by atoms with E-state index >= 15 is 0 Å². The van der Waals surface area contributed by atoms with Crippen LogP contribution in [0.25, 0.3) is 0 Å². The highest BCUT2D eigenvalue weighted by atomic mass is 32.1. The molecule has 1 N–H and O–H groups in total. The van der Waals surface area contributed by atoms with Gasteiger partial charge in [0.1, 0.15) is 5.75 Å². The number of piperazine rings is 1. The lowest BCUT2D eigenvalue weighted by molar-refractivity contribution is 0.0504. The van der Waals surface area contributed by atoms with E-state index in [2.05, 4.69) is 31.8 Å². The van der Waals surface area contributed by atoms with Crippen molar-refractivity contribution in [3.63, 3.8) is 0 Å². The zero-order chi connectivity index (χ0) is 19.9. The Balaban J connectivity index is 1.58. The van der Waals surface area contributed by atoms with Crippen molar-refractivity contribution in [2.75, 3.05) is 51.8 Å². The molecule has 0 radical (unpaired) electrons. The summed E-state index contributed by atoms with van der Waals surface area (Å²) in [5.41, 5.74) is 1.29. The van der Waals surface area contributed by atoms with E-state index in [4.69, 9.17) is 4.74 Å². The number of hydrogen-bond acceptors (Lipinski definition) is 7. The van der Waals surface area contributed by atoms with Crippen molar-refractivity contribution in [3.8, 4) is 5.75 Å². The molecule has 1 aliphatic rings. The number of aromatic nitrogens is 1. The zero-order valence-corrected chi connectivity index (χ0v) is 18.0. The average molecular weight is 405 g/mol. The molecule has 1 atom stereocenters. The molecule has 3 rings (SSSR count). The van der Waals surface area contributed by atoms with Crippen LogP contribution < -0.4 is 9.64 Å². The number of rotatable bonds is 9. The first-order valence-electron chi connectivity index (χ1n) is 10.00. The van der Waals surface area contributed by atoms with Crippen LogP contribution in [0.2, 0.25) is 0 Å². The molecule has 154 valence electrons. The molecule has 0 bridgehead atoms. The highest BCUT2D eigenvalue weighted by Crippen LogP contribution is 2.24. The Kier molecular flexibility index (Phi) is 7.67. The van der Waals surface area contributed by atoms with Crippen LogP contribution in [0.4, 0.5) is 5.13 Å². The number of aliphatic hydroxyl groups is 1. The molecule has 0 spiro atoms. The summed E-state index contributed by atoms with van der Waals surface area (Å²) in [6, 6.07) is 8.75. The van der Waals surface area contributed by atoms with E-state index < -0.39 is 0 Å². The van der Waals surface area contributed by atoms with Gasteiger partial charge in [-0.1, -0.05) is 12.1 Å². The quantitative estimate of drug-likeness (QED) is 0.694. The maximum absolute atomic E-state index is 9.56. The van der Waals surface area contributed by atoms with Gasteiger partial charge in [-0.25, -0.2) is 4.98 Å². The van der Waals surface area contributed by atoms with Crippen LogP contribution in [-0.2, 0) is 13.1 Å². The Morgan fingerprint density at radius 3 is 2.64 bits per heavy atom. The van der Waals surface area contributed by atoms with Gasteiger partial charge in [-0.15, -0.1) is 11.3 Å². The van der Waals surface area contributed by atoms with E-state index in [1.165, 1.54) is 10.4 Å². The molecule has 1 fully saturated rings. The first kappa shape index (κ1) is 21.0. The van der Waals surface area contributed by atoms with Crippen LogP contribution in [0.1, 0.15) is 23.8 Å². The summed E-state index contributed by atoms with van der Waals surface area (Å²) in [6.07, 6.45) is 2.80. The van der Waals surface area contributed by atoms with Crippen LogP contribution in [-0.4, -0.2) is 72.9 Å². The Labute approximate surface area is 172 Å². The van der Waals surface area contributed by atoms with Gasteiger partial charge < -0.3 is 14.7 Å². The first-order valence-corrected chi connectivity index (χ1v) is 10.8. The molecule has 0 aliphatic carbocycles. The topological polar surface area (TPSA) is 52.1 Å². The van der Waals surface area contributed by atoms with Gasteiger partial charge in [-0.2, -0.15) is 0 Å². The summed E-state index contributed by atoms with van der Waals surface area (Å²) in [7, 11) is 4.05. The number of aliphatic hydroxyl groups excluding tert-OH is 1. The predicted molar refractivity (Wildman–Crippen MR) is 115 cm³/mol. The lowest BCUT2D eigenvalue weighted by atomic mass is 10.1. The molecule has 6 nitrogen and oxygen atoms in total. The first-order chi connectivity index (χ1) is 13.6. The van der Waals surface area contributed by atoms with Crippen LogP contribution >= 0.6 is 11.3 Å². The van der Waals surface area contributed by atoms with E-state index in [1.54, 1.807) is 11.3 Å².